The summed E-state index contributed by atoms with van der Waals surface area (Å²) < 4.78 is 44.2. The van der Waals surface area contributed by atoms with E-state index < -0.39 is 35.6 Å². The highest BCUT2D eigenvalue weighted by Crippen LogP contribution is 2.31. The van der Waals surface area contributed by atoms with E-state index in [9.17, 15) is 32.7 Å². The molecule has 0 fully saturated rings. The van der Waals surface area contributed by atoms with Crippen LogP contribution in [0.15, 0.2) is 53.1 Å². The highest BCUT2D eigenvalue weighted by atomic mass is 19.4. The third-order valence-electron chi connectivity index (χ3n) is 7.08. The summed E-state index contributed by atoms with van der Waals surface area (Å²) in [5.74, 6) is -3.45. The number of nitrogens with zero attached hydrogens (tertiary/aromatic N) is 3. The molecule has 0 aliphatic carbocycles. The van der Waals surface area contributed by atoms with Gasteiger partial charge in [-0.2, -0.15) is 18.2 Å². The molecule has 2 aromatic carbocycles. The Morgan fingerprint density at radius 2 is 1.45 bits per heavy atom. The number of imide groups is 1. The highest BCUT2D eigenvalue weighted by molar-refractivity contribution is 6.35. The third-order valence-corrected chi connectivity index (χ3v) is 7.08. The van der Waals surface area contributed by atoms with Crippen molar-refractivity contribution in [2.75, 3.05) is 0 Å². The molecule has 0 aliphatic rings. The summed E-state index contributed by atoms with van der Waals surface area (Å²) in [6.07, 6.45) is 6.96. The number of aryl methyl sites for hydroxylation is 1. The van der Waals surface area contributed by atoms with E-state index in [0.29, 0.717) is 22.7 Å². The van der Waals surface area contributed by atoms with Gasteiger partial charge in [-0.05, 0) is 55.3 Å². The summed E-state index contributed by atoms with van der Waals surface area (Å²) in [5.41, 5.74) is -0.215. The third kappa shape index (κ3) is 8.99. The zero-order chi connectivity index (χ0) is 30.7. The molecule has 1 atom stereocenters. The van der Waals surface area contributed by atoms with Gasteiger partial charge in [0.25, 0.3) is 11.8 Å². The molecule has 1 N–H and O–H groups in total. The lowest BCUT2D eigenvalue weighted by atomic mass is 10.0. The fourth-order valence-corrected chi connectivity index (χ4v) is 4.61. The summed E-state index contributed by atoms with van der Waals surface area (Å²) in [7, 11) is 0. The van der Waals surface area contributed by atoms with Crippen LogP contribution in [-0.2, 0) is 22.2 Å². The quantitative estimate of drug-likeness (QED) is 0.152. The summed E-state index contributed by atoms with van der Waals surface area (Å²) in [4.78, 5) is 42.2. The first kappa shape index (κ1) is 32.5. The lowest BCUT2D eigenvalue weighted by Gasteiger charge is -2.26. The topological polar surface area (TPSA) is 114 Å². The van der Waals surface area contributed by atoms with E-state index in [1.54, 1.807) is 0 Å². The largest absolute Gasteiger partial charge is 0.474 e. The molecule has 226 valence electrons. The number of benzene rings is 2. The van der Waals surface area contributed by atoms with Crippen LogP contribution in [0.25, 0.3) is 11.5 Å². The maximum Gasteiger partial charge on any atom is 0.416 e. The molecule has 0 saturated heterocycles. The second kappa shape index (κ2) is 15.3. The predicted molar refractivity (Wildman–Crippen MR) is 149 cm³/mol. The summed E-state index contributed by atoms with van der Waals surface area (Å²) in [6.45, 7) is 3.57. The van der Waals surface area contributed by atoms with Gasteiger partial charge in [-0.15, -0.1) is 0 Å². The lowest BCUT2D eigenvalue weighted by Crippen LogP contribution is -2.42. The SMILES string of the molecule is CCCCCCCCCCCc1noc(-c2ccc(C(=O)N(C(=O)C(=O)O)[C@H](C)c3ccc(C(F)(F)F)cc3)cc2)n1. The minimum atomic E-state index is -4.57. The first-order valence-corrected chi connectivity index (χ1v) is 14.2. The van der Waals surface area contributed by atoms with Crippen molar-refractivity contribution in [3.05, 3.63) is 71.0 Å². The van der Waals surface area contributed by atoms with Gasteiger partial charge in [-0.3, -0.25) is 14.5 Å². The number of hydrogen-bond donors (Lipinski definition) is 1. The first-order valence-electron chi connectivity index (χ1n) is 14.2. The predicted octanol–water partition coefficient (Wildman–Crippen LogP) is 7.64. The van der Waals surface area contributed by atoms with Crippen molar-refractivity contribution in [1.29, 1.82) is 0 Å². The van der Waals surface area contributed by atoms with Crippen LogP contribution in [0, 0.1) is 0 Å². The van der Waals surface area contributed by atoms with Gasteiger partial charge in [0.05, 0.1) is 11.6 Å². The number of carboxylic acids is 1. The molecule has 0 spiro atoms. The van der Waals surface area contributed by atoms with Crippen molar-refractivity contribution < 1.29 is 37.2 Å². The summed E-state index contributed by atoms with van der Waals surface area (Å²) >= 11 is 0. The van der Waals surface area contributed by atoms with Crippen LogP contribution in [0.5, 0.6) is 0 Å². The number of carbonyl (C=O) groups is 3. The zero-order valence-corrected chi connectivity index (χ0v) is 23.8. The lowest BCUT2D eigenvalue weighted by molar-refractivity contribution is -0.155. The van der Waals surface area contributed by atoms with E-state index in [0.717, 1.165) is 37.1 Å². The smallest absolute Gasteiger partial charge is 0.416 e. The van der Waals surface area contributed by atoms with Crippen LogP contribution in [-0.4, -0.2) is 37.9 Å². The van der Waals surface area contributed by atoms with Crippen LogP contribution < -0.4 is 0 Å². The summed E-state index contributed by atoms with van der Waals surface area (Å²) in [5, 5.41) is 13.3. The fourth-order valence-electron chi connectivity index (χ4n) is 4.61. The van der Waals surface area contributed by atoms with Gasteiger partial charge in [0.1, 0.15) is 0 Å². The van der Waals surface area contributed by atoms with Crippen LogP contribution in [0.2, 0.25) is 0 Å². The van der Waals surface area contributed by atoms with Crippen molar-refractivity contribution >= 4 is 17.8 Å². The molecule has 0 bridgehead atoms. The number of halogens is 3. The molecular weight excluding hydrogens is 551 g/mol. The monoisotopic (exact) mass is 587 g/mol. The molecule has 0 radical (unpaired) electrons. The van der Waals surface area contributed by atoms with Crippen LogP contribution in [0.3, 0.4) is 0 Å². The normalized spacial score (nSPS) is 12.2. The van der Waals surface area contributed by atoms with Gasteiger partial charge in [-0.25, -0.2) is 4.79 Å². The molecule has 42 heavy (non-hydrogen) atoms. The average molecular weight is 588 g/mol. The van der Waals surface area contributed by atoms with E-state index >= 15 is 0 Å². The van der Waals surface area contributed by atoms with Crippen molar-refractivity contribution in [1.82, 2.24) is 15.0 Å². The van der Waals surface area contributed by atoms with E-state index in [2.05, 4.69) is 17.1 Å². The van der Waals surface area contributed by atoms with Gasteiger partial charge in [0, 0.05) is 17.5 Å². The molecule has 0 saturated carbocycles. The molecule has 11 heteroatoms. The first-order chi connectivity index (χ1) is 20.0. The number of aromatic nitrogens is 2. The van der Waals surface area contributed by atoms with Crippen molar-refractivity contribution in [2.45, 2.75) is 90.3 Å². The van der Waals surface area contributed by atoms with Gasteiger partial charge in [-0.1, -0.05) is 75.6 Å². The summed E-state index contributed by atoms with van der Waals surface area (Å²) in [6, 6.07) is 8.54. The van der Waals surface area contributed by atoms with Crippen molar-refractivity contribution in [3.8, 4) is 11.5 Å². The molecule has 2 amide bonds. The minimum Gasteiger partial charge on any atom is -0.474 e. The highest BCUT2D eigenvalue weighted by Gasteiger charge is 2.34. The Labute approximate surface area is 242 Å². The maximum absolute atomic E-state index is 13.3. The molecule has 0 unspecified atom stereocenters. The van der Waals surface area contributed by atoms with Gasteiger partial charge in [0.2, 0.25) is 0 Å². The Balaban J connectivity index is 1.63. The van der Waals surface area contributed by atoms with Crippen LogP contribution in [0.4, 0.5) is 13.2 Å². The standard InChI is InChI=1S/C31H36F3N3O5/c1-3-4-5-6-7-8-9-10-11-12-26-35-27(42-36-26)23-13-15-24(16-14-23)28(38)37(29(39)30(40)41)21(2)22-17-19-25(20-18-22)31(32,33)34/h13-21H,3-12H2,1-2H3,(H,40,41)/t21-/m1/s1. The van der Waals surface area contributed by atoms with Gasteiger partial charge < -0.3 is 9.63 Å². The van der Waals surface area contributed by atoms with E-state index in [1.807, 2.05) is 0 Å². The second-order valence-corrected chi connectivity index (χ2v) is 10.3. The Kier molecular flexibility index (Phi) is 11.8. The zero-order valence-electron chi connectivity index (χ0n) is 23.8. The van der Waals surface area contributed by atoms with Crippen LogP contribution >= 0.6 is 0 Å². The molecule has 1 heterocycles. The minimum absolute atomic E-state index is 0.00143. The average Bonchev–Trinajstić information content (AvgIpc) is 3.45. The molecular formula is C31H36F3N3O5. The number of hydrogen-bond acceptors (Lipinski definition) is 6. The number of aliphatic carboxylic acids is 1. The number of carboxylic acid groups (broad SMARTS) is 1. The number of carbonyl (C=O) groups excluding carboxylic acids is 2. The molecule has 1 aromatic heterocycles. The Hall–Kier alpha value is -4.02. The number of rotatable bonds is 14. The Morgan fingerprint density at radius 1 is 0.881 bits per heavy atom. The Bertz CT molecular complexity index is 1320. The van der Waals surface area contributed by atoms with E-state index in [4.69, 9.17) is 4.52 Å². The van der Waals surface area contributed by atoms with E-state index in [1.165, 1.54) is 76.1 Å². The fraction of sp³-hybridized carbons (Fsp3) is 0.452. The van der Waals surface area contributed by atoms with Gasteiger partial charge >= 0.3 is 18.1 Å². The molecule has 3 rings (SSSR count). The Morgan fingerprint density at radius 3 is 2.00 bits per heavy atom. The maximum atomic E-state index is 13.3. The molecule has 8 nitrogen and oxygen atoms in total. The number of unbranched alkanes of at least 4 members (excludes halogenated alkanes) is 8. The van der Waals surface area contributed by atoms with Crippen molar-refractivity contribution in [2.24, 2.45) is 0 Å². The van der Waals surface area contributed by atoms with Crippen molar-refractivity contribution in [3.63, 3.8) is 0 Å². The number of amides is 2. The van der Waals surface area contributed by atoms with E-state index in [-0.39, 0.29) is 17.0 Å². The van der Waals surface area contributed by atoms with Crippen LogP contribution in [0.1, 0.15) is 105 Å². The number of alkyl halides is 3. The van der Waals surface area contributed by atoms with Gasteiger partial charge in [0.15, 0.2) is 5.82 Å². The molecule has 0 aliphatic heterocycles. The second-order valence-electron chi connectivity index (χ2n) is 10.3. The molecule has 3 aromatic rings.